The van der Waals surface area contributed by atoms with Crippen LogP contribution in [0.15, 0.2) is 18.5 Å². The molecule has 16 heavy (non-hydrogen) atoms. The minimum absolute atomic E-state index is 0.0926. The molecule has 5 heteroatoms. The molecule has 0 aromatic carbocycles. The maximum atomic E-state index is 11.9. The number of aromatic nitrogens is 3. The average Bonchev–Trinajstić information content (AvgIpc) is 2.86. The van der Waals surface area contributed by atoms with Crippen LogP contribution in [0.25, 0.3) is 0 Å². The van der Waals surface area contributed by atoms with Crippen LogP contribution < -0.4 is 5.32 Å². The number of hydrogen-bond acceptors (Lipinski definition) is 2. The number of carbonyl (C=O) groups is 1. The van der Waals surface area contributed by atoms with Crippen LogP contribution in [-0.4, -0.2) is 21.1 Å². The number of amides is 1. The SMILES string of the molecule is Cc1n[nH]c(C)c1C(=O)NCc1cc[nH]c1. The van der Waals surface area contributed by atoms with Crippen LogP contribution in [0.2, 0.25) is 0 Å². The van der Waals surface area contributed by atoms with Gasteiger partial charge in [-0.3, -0.25) is 9.89 Å². The van der Waals surface area contributed by atoms with Crippen LogP contribution in [0.1, 0.15) is 27.3 Å². The highest BCUT2D eigenvalue weighted by Crippen LogP contribution is 2.09. The minimum Gasteiger partial charge on any atom is -0.367 e. The molecule has 2 rings (SSSR count). The van der Waals surface area contributed by atoms with Crippen molar-refractivity contribution in [2.75, 3.05) is 0 Å². The number of aromatic amines is 2. The van der Waals surface area contributed by atoms with E-state index >= 15 is 0 Å². The van der Waals surface area contributed by atoms with Crippen LogP contribution in [0.3, 0.4) is 0 Å². The van der Waals surface area contributed by atoms with Gasteiger partial charge in [0.05, 0.1) is 11.3 Å². The highest BCUT2D eigenvalue weighted by molar-refractivity contribution is 5.96. The Morgan fingerprint density at radius 3 is 2.88 bits per heavy atom. The first-order chi connectivity index (χ1) is 7.68. The van der Waals surface area contributed by atoms with E-state index in [0.717, 1.165) is 17.0 Å². The van der Waals surface area contributed by atoms with E-state index in [4.69, 9.17) is 0 Å². The van der Waals surface area contributed by atoms with Crippen molar-refractivity contribution in [3.05, 3.63) is 41.0 Å². The van der Waals surface area contributed by atoms with Crippen molar-refractivity contribution in [3.63, 3.8) is 0 Å². The van der Waals surface area contributed by atoms with Crippen LogP contribution in [0.4, 0.5) is 0 Å². The summed E-state index contributed by atoms with van der Waals surface area (Å²) in [6, 6.07) is 1.93. The number of hydrogen-bond donors (Lipinski definition) is 3. The predicted molar refractivity (Wildman–Crippen MR) is 60.0 cm³/mol. The van der Waals surface area contributed by atoms with Crippen LogP contribution in [0, 0.1) is 13.8 Å². The van der Waals surface area contributed by atoms with E-state index in [0.29, 0.717) is 12.1 Å². The molecule has 0 spiro atoms. The monoisotopic (exact) mass is 218 g/mol. The van der Waals surface area contributed by atoms with Crippen molar-refractivity contribution >= 4 is 5.91 Å². The molecule has 0 aliphatic rings. The van der Waals surface area contributed by atoms with Gasteiger partial charge in [0.1, 0.15) is 0 Å². The summed E-state index contributed by atoms with van der Waals surface area (Å²) < 4.78 is 0. The molecule has 1 amide bonds. The number of nitrogens with one attached hydrogen (secondary N) is 3. The lowest BCUT2D eigenvalue weighted by Gasteiger charge is -2.03. The number of rotatable bonds is 3. The zero-order valence-electron chi connectivity index (χ0n) is 9.29. The van der Waals surface area contributed by atoms with Crippen LogP contribution in [-0.2, 0) is 6.54 Å². The van der Waals surface area contributed by atoms with E-state index in [2.05, 4.69) is 20.5 Å². The highest BCUT2D eigenvalue weighted by atomic mass is 16.1. The fourth-order valence-corrected chi connectivity index (χ4v) is 1.62. The first-order valence-electron chi connectivity index (χ1n) is 5.10. The molecule has 0 bridgehead atoms. The lowest BCUT2D eigenvalue weighted by Crippen LogP contribution is -2.23. The molecular formula is C11H14N4O. The van der Waals surface area contributed by atoms with Gasteiger partial charge in [0, 0.05) is 24.6 Å². The van der Waals surface area contributed by atoms with Gasteiger partial charge >= 0.3 is 0 Å². The first kappa shape index (κ1) is 10.5. The summed E-state index contributed by atoms with van der Waals surface area (Å²) in [5.41, 5.74) is 3.20. The summed E-state index contributed by atoms with van der Waals surface area (Å²) in [6.07, 6.45) is 3.69. The number of carbonyl (C=O) groups excluding carboxylic acids is 1. The van der Waals surface area contributed by atoms with Gasteiger partial charge in [-0.25, -0.2) is 0 Å². The smallest absolute Gasteiger partial charge is 0.255 e. The lowest BCUT2D eigenvalue weighted by atomic mass is 10.2. The van der Waals surface area contributed by atoms with E-state index < -0.39 is 0 Å². The van der Waals surface area contributed by atoms with Gasteiger partial charge in [-0.2, -0.15) is 5.10 Å². The second-order valence-corrected chi connectivity index (χ2v) is 3.71. The molecule has 0 atom stereocenters. The van der Waals surface area contributed by atoms with Crippen molar-refractivity contribution in [2.45, 2.75) is 20.4 Å². The predicted octanol–water partition coefficient (Wildman–Crippen LogP) is 1.28. The van der Waals surface area contributed by atoms with Gasteiger partial charge in [-0.15, -0.1) is 0 Å². The summed E-state index contributed by atoms with van der Waals surface area (Å²) in [4.78, 5) is 14.8. The molecule has 0 saturated heterocycles. The largest absolute Gasteiger partial charge is 0.367 e. The molecule has 0 saturated carbocycles. The molecule has 0 radical (unpaired) electrons. The Balaban J connectivity index is 2.04. The number of nitrogens with zero attached hydrogens (tertiary/aromatic N) is 1. The molecule has 0 unspecified atom stereocenters. The molecule has 0 aliphatic heterocycles. The second kappa shape index (κ2) is 4.22. The Morgan fingerprint density at radius 1 is 1.50 bits per heavy atom. The third kappa shape index (κ3) is 1.98. The van der Waals surface area contributed by atoms with E-state index in [1.807, 2.05) is 32.3 Å². The molecule has 2 heterocycles. The lowest BCUT2D eigenvalue weighted by molar-refractivity contribution is 0.0950. The average molecular weight is 218 g/mol. The van der Waals surface area contributed by atoms with E-state index in [9.17, 15) is 4.79 Å². The third-order valence-electron chi connectivity index (χ3n) is 2.47. The molecular weight excluding hydrogens is 204 g/mol. The van der Waals surface area contributed by atoms with E-state index in [1.165, 1.54) is 0 Å². The fraction of sp³-hybridized carbons (Fsp3) is 0.273. The Labute approximate surface area is 93.3 Å². The topological polar surface area (TPSA) is 73.6 Å². The van der Waals surface area contributed by atoms with Crippen molar-refractivity contribution in [1.82, 2.24) is 20.5 Å². The summed E-state index contributed by atoms with van der Waals surface area (Å²) in [6.45, 7) is 4.17. The molecule has 5 nitrogen and oxygen atoms in total. The van der Waals surface area contributed by atoms with Gasteiger partial charge < -0.3 is 10.3 Å². The van der Waals surface area contributed by atoms with Crippen molar-refractivity contribution in [1.29, 1.82) is 0 Å². The zero-order chi connectivity index (χ0) is 11.5. The van der Waals surface area contributed by atoms with Crippen LogP contribution in [0.5, 0.6) is 0 Å². The van der Waals surface area contributed by atoms with Gasteiger partial charge in [0.2, 0.25) is 0 Å². The van der Waals surface area contributed by atoms with Crippen molar-refractivity contribution in [2.24, 2.45) is 0 Å². The first-order valence-corrected chi connectivity index (χ1v) is 5.10. The quantitative estimate of drug-likeness (QED) is 0.726. The van der Waals surface area contributed by atoms with Gasteiger partial charge in [-0.05, 0) is 25.5 Å². The molecule has 84 valence electrons. The maximum Gasteiger partial charge on any atom is 0.255 e. The Kier molecular flexibility index (Phi) is 2.76. The second-order valence-electron chi connectivity index (χ2n) is 3.71. The zero-order valence-corrected chi connectivity index (χ0v) is 9.29. The van der Waals surface area contributed by atoms with Gasteiger partial charge in [0.25, 0.3) is 5.91 Å². The Morgan fingerprint density at radius 2 is 2.31 bits per heavy atom. The minimum atomic E-state index is -0.0926. The normalized spacial score (nSPS) is 10.4. The highest BCUT2D eigenvalue weighted by Gasteiger charge is 2.14. The summed E-state index contributed by atoms with van der Waals surface area (Å²) in [7, 11) is 0. The molecule has 0 aliphatic carbocycles. The molecule has 0 fully saturated rings. The van der Waals surface area contributed by atoms with Crippen molar-refractivity contribution < 1.29 is 4.79 Å². The Bertz CT molecular complexity index is 465. The summed E-state index contributed by atoms with van der Waals surface area (Å²) in [5, 5.41) is 9.63. The number of H-pyrrole nitrogens is 2. The molecule has 3 N–H and O–H groups in total. The van der Waals surface area contributed by atoms with E-state index in [-0.39, 0.29) is 5.91 Å². The van der Waals surface area contributed by atoms with Crippen molar-refractivity contribution in [3.8, 4) is 0 Å². The standard InChI is InChI=1S/C11H14N4O/c1-7-10(8(2)15-14-7)11(16)13-6-9-3-4-12-5-9/h3-5,12H,6H2,1-2H3,(H,13,16)(H,14,15). The Hall–Kier alpha value is -2.04. The summed E-state index contributed by atoms with van der Waals surface area (Å²) in [5.74, 6) is -0.0926. The maximum absolute atomic E-state index is 11.9. The molecule has 2 aromatic heterocycles. The van der Waals surface area contributed by atoms with Crippen LogP contribution >= 0.6 is 0 Å². The van der Waals surface area contributed by atoms with E-state index in [1.54, 1.807) is 0 Å². The fourth-order valence-electron chi connectivity index (χ4n) is 1.62. The third-order valence-corrected chi connectivity index (χ3v) is 2.47. The van der Waals surface area contributed by atoms with Gasteiger partial charge in [0.15, 0.2) is 0 Å². The van der Waals surface area contributed by atoms with Gasteiger partial charge in [-0.1, -0.05) is 0 Å². The molecule has 2 aromatic rings. The number of aryl methyl sites for hydroxylation is 2. The summed E-state index contributed by atoms with van der Waals surface area (Å²) >= 11 is 0.